The van der Waals surface area contributed by atoms with Crippen molar-refractivity contribution in [2.45, 2.75) is 24.1 Å². The molecule has 33 heavy (non-hydrogen) atoms. The highest BCUT2D eigenvalue weighted by molar-refractivity contribution is 7.98. The van der Waals surface area contributed by atoms with Crippen molar-refractivity contribution in [1.29, 1.82) is 0 Å². The lowest BCUT2D eigenvalue weighted by molar-refractivity contribution is 0.102. The van der Waals surface area contributed by atoms with E-state index in [2.05, 4.69) is 20.9 Å². The van der Waals surface area contributed by atoms with Crippen molar-refractivity contribution in [3.63, 3.8) is 0 Å². The Morgan fingerprint density at radius 3 is 2.45 bits per heavy atom. The molecule has 0 aliphatic heterocycles. The summed E-state index contributed by atoms with van der Waals surface area (Å²) >= 11 is 3.21. The van der Waals surface area contributed by atoms with Crippen molar-refractivity contribution in [3.8, 4) is 0 Å². The van der Waals surface area contributed by atoms with Gasteiger partial charge in [-0.05, 0) is 55.5 Å². The maximum Gasteiger partial charge on any atom is 0.319 e. The lowest BCUT2D eigenvalue weighted by Gasteiger charge is -2.11. The Morgan fingerprint density at radius 2 is 1.76 bits per heavy atom. The maximum absolute atomic E-state index is 12.9. The lowest BCUT2D eigenvalue weighted by Crippen LogP contribution is -2.27. The second-order valence-electron chi connectivity index (χ2n) is 7.06. The largest absolute Gasteiger partial charge is 0.467 e. The van der Waals surface area contributed by atoms with Crippen molar-refractivity contribution in [1.82, 2.24) is 10.3 Å². The van der Waals surface area contributed by atoms with E-state index in [0.717, 1.165) is 15.6 Å². The molecule has 168 valence electrons. The Morgan fingerprint density at radius 1 is 1.00 bits per heavy atom. The molecule has 0 bridgehead atoms. The van der Waals surface area contributed by atoms with E-state index in [0.29, 0.717) is 35.0 Å². The summed E-state index contributed by atoms with van der Waals surface area (Å²) in [4.78, 5) is 30.3. The molecule has 2 aromatic carbocycles. The van der Waals surface area contributed by atoms with E-state index < -0.39 is 0 Å². The number of nitrogens with one attached hydrogen (secondary N) is 3. The molecule has 2 aromatic heterocycles. The van der Waals surface area contributed by atoms with E-state index >= 15 is 0 Å². The van der Waals surface area contributed by atoms with Gasteiger partial charge in [-0.2, -0.15) is 0 Å². The van der Waals surface area contributed by atoms with Crippen molar-refractivity contribution in [2.75, 3.05) is 10.6 Å². The van der Waals surface area contributed by atoms with Crippen molar-refractivity contribution < 1.29 is 14.0 Å². The average molecular weight is 479 g/mol. The third-order valence-corrected chi connectivity index (χ3v) is 6.51. The Hall–Kier alpha value is -3.56. The first-order valence-corrected chi connectivity index (χ1v) is 12.0. The second-order valence-corrected chi connectivity index (χ2v) is 9.14. The lowest BCUT2D eigenvalue weighted by atomic mass is 10.2. The molecular weight excluding hydrogens is 456 g/mol. The van der Waals surface area contributed by atoms with Gasteiger partial charge in [0.15, 0.2) is 0 Å². The van der Waals surface area contributed by atoms with Crippen LogP contribution in [0.15, 0.2) is 81.6 Å². The van der Waals surface area contributed by atoms with E-state index in [1.54, 1.807) is 65.8 Å². The van der Waals surface area contributed by atoms with E-state index in [9.17, 15) is 9.59 Å². The fourth-order valence-corrected chi connectivity index (χ4v) is 4.66. The summed E-state index contributed by atoms with van der Waals surface area (Å²) in [6.07, 6.45) is 1.56. The van der Waals surface area contributed by atoms with Crippen LogP contribution in [0.2, 0.25) is 0 Å². The number of thioether (sulfide) groups is 1. The Labute approximate surface area is 199 Å². The molecule has 0 saturated carbocycles. The molecule has 0 radical (unpaired) electrons. The fraction of sp³-hybridized carbons (Fsp3) is 0.125. The Kier molecular flexibility index (Phi) is 7.43. The van der Waals surface area contributed by atoms with Gasteiger partial charge in [-0.25, -0.2) is 9.78 Å². The Bertz CT molecular complexity index is 1220. The first kappa shape index (κ1) is 22.6. The van der Waals surface area contributed by atoms with Crippen molar-refractivity contribution in [3.05, 3.63) is 94.3 Å². The summed E-state index contributed by atoms with van der Waals surface area (Å²) < 4.78 is 5.18. The molecule has 4 rings (SSSR count). The third kappa shape index (κ3) is 6.47. The molecule has 3 N–H and O–H groups in total. The van der Waals surface area contributed by atoms with Gasteiger partial charge < -0.3 is 20.4 Å². The minimum absolute atomic E-state index is 0.190. The maximum atomic E-state index is 12.9. The van der Waals surface area contributed by atoms with Gasteiger partial charge in [-0.3, -0.25) is 4.79 Å². The zero-order valence-electron chi connectivity index (χ0n) is 17.8. The molecule has 4 aromatic rings. The van der Waals surface area contributed by atoms with E-state index in [1.165, 1.54) is 0 Å². The van der Waals surface area contributed by atoms with E-state index in [-0.39, 0.29) is 11.9 Å². The molecular formula is C24H22N4O3S2. The summed E-state index contributed by atoms with van der Waals surface area (Å²) in [5.74, 6) is 1.18. The monoisotopic (exact) mass is 478 g/mol. The number of nitrogens with zero attached hydrogens (tertiary/aromatic N) is 1. The molecule has 0 saturated heterocycles. The molecule has 2 heterocycles. The summed E-state index contributed by atoms with van der Waals surface area (Å²) in [5, 5.41) is 11.5. The van der Waals surface area contributed by atoms with Gasteiger partial charge in [-0.1, -0.05) is 12.1 Å². The number of hydrogen-bond acceptors (Lipinski definition) is 6. The number of carbonyl (C=O) groups excluding carboxylic acids is 2. The number of benzene rings is 2. The normalized spacial score (nSPS) is 10.6. The third-order valence-electron chi connectivity index (χ3n) is 4.58. The first-order chi connectivity index (χ1) is 16.1. The number of furan rings is 1. The van der Waals surface area contributed by atoms with Gasteiger partial charge in [0.1, 0.15) is 5.76 Å². The van der Waals surface area contributed by atoms with Crippen LogP contribution in [0.25, 0.3) is 0 Å². The number of thiazole rings is 1. The van der Waals surface area contributed by atoms with Gasteiger partial charge in [0, 0.05) is 27.4 Å². The van der Waals surface area contributed by atoms with Crippen LogP contribution in [0.1, 0.15) is 26.8 Å². The predicted octanol–water partition coefficient (Wildman–Crippen LogP) is 5.91. The molecule has 0 fully saturated rings. The number of rotatable bonds is 8. The quantitative estimate of drug-likeness (QED) is 0.274. The number of aryl methyl sites for hydroxylation is 1. The van der Waals surface area contributed by atoms with Crippen LogP contribution in [0.4, 0.5) is 16.2 Å². The minimum Gasteiger partial charge on any atom is -0.467 e. The molecule has 3 amide bonds. The fourth-order valence-electron chi connectivity index (χ4n) is 3.00. The highest BCUT2D eigenvalue weighted by Crippen LogP contribution is 2.27. The summed E-state index contributed by atoms with van der Waals surface area (Å²) in [7, 11) is 0. The first-order valence-electron chi connectivity index (χ1n) is 10.2. The van der Waals surface area contributed by atoms with Crippen LogP contribution >= 0.6 is 23.1 Å². The minimum atomic E-state index is -0.343. The van der Waals surface area contributed by atoms with Crippen LogP contribution < -0.4 is 16.0 Å². The van der Waals surface area contributed by atoms with Crippen LogP contribution in [0.5, 0.6) is 0 Å². The zero-order chi connectivity index (χ0) is 23.0. The summed E-state index contributed by atoms with van der Waals surface area (Å²) in [6.45, 7) is 2.28. The van der Waals surface area contributed by atoms with Gasteiger partial charge in [0.05, 0.1) is 29.1 Å². The Balaban J connectivity index is 1.32. The standard InChI is InChI=1S/C24H22N4O3S2/c1-16-26-19(14-32-16)15-33-22-7-3-2-6-21(22)23(29)27-17-8-10-18(11-9-17)28-24(30)25-13-20-5-4-12-31-20/h2-12,14H,13,15H2,1H3,(H,27,29)(H2,25,28,30). The number of carbonyl (C=O) groups is 2. The highest BCUT2D eigenvalue weighted by Gasteiger charge is 2.13. The van der Waals surface area contributed by atoms with Crippen LogP contribution in [-0.2, 0) is 12.3 Å². The van der Waals surface area contributed by atoms with Crippen LogP contribution in [0.3, 0.4) is 0 Å². The molecule has 0 unspecified atom stereocenters. The average Bonchev–Trinajstić information content (AvgIpc) is 3.49. The van der Waals surface area contributed by atoms with Gasteiger partial charge in [0.25, 0.3) is 5.91 Å². The molecule has 0 aliphatic carbocycles. The molecule has 0 atom stereocenters. The molecule has 0 aliphatic rings. The summed E-state index contributed by atoms with van der Waals surface area (Å²) in [6, 6.07) is 17.7. The van der Waals surface area contributed by atoms with Gasteiger partial charge >= 0.3 is 6.03 Å². The predicted molar refractivity (Wildman–Crippen MR) is 132 cm³/mol. The van der Waals surface area contributed by atoms with E-state index in [1.807, 2.05) is 36.6 Å². The smallest absolute Gasteiger partial charge is 0.319 e. The highest BCUT2D eigenvalue weighted by atomic mass is 32.2. The number of anilines is 2. The zero-order valence-corrected chi connectivity index (χ0v) is 19.5. The molecule has 9 heteroatoms. The number of urea groups is 1. The van der Waals surface area contributed by atoms with Crippen molar-refractivity contribution in [2.24, 2.45) is 0 Å². The SMILES string of the molecule is Cc1nc(CSc2ccccc2C(=O)Nc2ccc(NC(=O)NCc3ccco3)cc2)cs1. The number of hydrogen-bond donors (Lipinski definition) is 3. The van der Waals surface area contributed by atoms with Crippen molar-refractivity contribution >= 4 is 46.4 Å². The molecule has 7 nitrogen and oxygen atoms in total. The van der Waals surface area contributed by atoms with Crippen LogP contribution in [-0.4, -0.2) is 16.9 Å². The number of amides is 3. The molecule has 0 spiro atoms. The van der Waals surface area contributed by atoms with Crippen LogP contribution in [0, 0.1) is 6.92 Å². The topological polar surface area (TPSA) is 96.3 Å². The second kappa shape index (κ2) is 10.8. The number of aromatic nitrogens is 1. The summed E-state index contributed by atoms with van der Waals surface area (Å²) in [5.41, 5.74) is 2.86. The van der Waals surface area contributed by atoms with Gasteiger partial charge in [-0.15, -0.1) is 23.1 Å². The van der Waals surface area contributed by atoms with Gasteiger partial charge in [0.2, 0.25) is 0 Å². The van der Waals surface area contributed by atoms with E-state index in [4.69, 9.17) is 4.42 Å².